The van der Waals surface area contributed by atoms with E-state index in [0.717, 1.165) is 25.3 Å². The molecule has 2 aliphatic heterocycles. The van der Waals surface area contributed by atoms with E-state index >= 15 is 0 Å². The van der Waals surface area contributed by atoms with Gasteiger partial charge < -0.3 is 20.2 Å². The second kappa shape index (κ2) is 9.77. The Morgan fingerprint density at radius 3 is 2.73 bits per heavy atom. The summed E-state index contributed by atoms with van der Waals surface area (Å²) in [6, 6.07) is 4.74. The highest BCUT2D eigenvalue weighted by Crippen LogP contribution is 2.26. The summed E-state index contributed by atoms with van der Waals surface area (Å²) in [4.78, 5) is 29.9. The molecule has 11 nitrogen and oxygen atoms in total. The summed E-state index contributed by atoms with van der Waals surface area (Å²) >= 11 is 0. The Bertz CT molecular complexity index is 1050. The second-order valence-electron chi connectivity index (χ2n) is 7.76. The molecular formula is C21H25FN8O3. The number of hydrogen-bond donors (Lipinski definition) is 3. The summed E-state index contributed by atoms with van der Waals surface area (Å²) in [5.41, 5.74) is 6.95. The number of anilines is 1. The van der Waals surface area contributed by atoms with E-state index in [0.29, 0.717) is 24.6 Å². The molecule has 0 unspecified atom stereocenters. The lowest BCUT2D eigenvalue weighted by atomic mass is 10.1. The lowest BCUT2D eigenvalue weighted by Crippen LogP contribution is -2.52. The van der Waals surface area contributed by atoms with Crippen molar-refractivity contribution in [2.24, 2.45) is 10.9 Å². The van der Waals surface area contributed by atoms with Crippen molar-refractivity contribution in [2.75, 3.05) is 37.6 Å². The fourth-order valence-electron chi connectivity index (χ4n) is 3.42. The van der Waals surface area contributed by atoms with Crippen molar-refractivity contribution in [1.82, 2.24) is 20.2 Å². The minimum atomic E-state index is -0.932. The van der Waals surface area contributed by atoms with E-state index in [2.05, 4.69) is 26.9 Å². The number of nitrogens with two attached hydrogens (primary N) is 1. The van der Waals surface area contributed by atoms with Crippen LogP contribution in [0.1, 0.15) is 12.5 Å². The summed E-state index contributed by atoms with van der Waals surface area (Å²) in [6.45, 7) is 5.84. The number of nitrogens with zero attached hydrogens (tertiary/aromatic N) is 5. The molecule has 0 spiro atoms. The number of aromatic nitrogens is 2. The molecular weight excluding hydrogens is 431 g/mol. The van der Waals surface area contributed by atoms with Gasteiger partial charge in [-0.15, -0.1) is 0 Å². The molecule has 0 aliphatic carbocycles. The highest BCUT2D eigenvalue weighted by molar-refractivity contribution is 5.98. The van der Waals surface area contributed by atoms with E-state index in [4.69, 9.17) is 20.7 Å². The van der Waals surface area contributed by atoms with Gasteiger partial charge in [-0.05, 0) is 6.54 Å². The molecule has 1 aromatic heterocycles. The molecule has 0 radical (unpaired) electrons. The maximum atomic E-state index is 14.9. The SMILES string of the molecule is CCN1CC(ON=C2CN(c3ncc(-c4cccc(COC(=O)NC(=N)N)c4F)cn3)C2)C1. The van der Waals surface area contributed by atoms with E-state index < -0.39 is 17.9 Å². The molecule has 2 saturated heterocycles. The third-order valence-electron chi connectivity index (χ3n) is 5.35. The number of amides is 1. The van der Waals surface area contributed by atoms with Gasteiger partial charge in [0, 0.05) is 42.2 Å². The van der Waals surface area contributed by atoms with Crippen LogP contribution >= 0.6 is 0 Å². The Kier molecular flexibility index (Phi) is 6.63. The normalized spacial score (nSPS) is 15.9. The van der Waals surface area contributed by atoms with Crippen molar-refractivity contribution in [3.63, 3.8) is 0 Å². The summed E-state index contributed by atoms with van der Waals surface area (Å²) in [7, 11) is 0. The standard InChI is InChI=1S/C21H25FN8O3/c1-2-29-10-16(11-29)33-28-15-8-30(9-15)20-25-6-14(7-26-20)17-5-3-4-13(18(17)22)12-32-21(31)27-19(23)24/h3-7,16H,2,8-12H2,1H3,(H4,23,24,27,31). The van der Waals surface area contributed by atoms with Gasteiger partial charge in [0.05, 0.1) is 18.8 Å². The molecule has 1 aromatic carbocycles. The van der Waals surface area contributed by atoms with Crippen LogP contribution in [0.15, 0.2) is 35.7 Å². The fourth-order valence-corrected chi connectivity index (χ4v) is 3.42. The van der Waals surface area contributed by atoms with Crippen LogP contribution in [0.4, 0.5) is 15.1 Å². The van der Waals surface area contributed by atoms with E-state index in [1.165, 1.54) is 6.07 Å². The van der Waals surface area contributed by atoms with Gasteiger partial charge in [-0.2, -0.15) is 0 Å². The minimum Gasteiger partial charge on any atom is -0.444 e. The first-order valence-corrected chi connectivity index (χ1v) is 10.5. The van der Waals surface area contributed by atoms with Crippen molar-refractivity contribution >= 4 is 23.7 Å². The molecule has 1 amide bonds. The smallest absolute Gasteiger partial charge is 0.414 e. The summed E-state index contributed by atoms with van der Waals surface area (Å²) < 4.78 is 19.8. The molecule has 3 heterocycles. The molecule has 2 aliphatic rings. The average Bonchev–Trinajstić information content (AvgIpc) is 2.73. The number of carbonyl (C=O) groups excluding carboxylic acids is 1. The Morgan fingerprint density at radius 1 is 1.33 bits per heavy atom. The third kappa shape index (κ3) is 5.34. The van der Waals surface area contributed by atoms with Crippen molar-refractivity contribution in [2.45, 2.75) is 19.6 Å². The first kappa shape index (κ1) is 22.4. The molecule has 12 heteroatoms. The highest BCUT2D eigenvalue weighted by Gasteiger charge is 2.29. The number of rotatable bonds is 7. The van der Waals surface area contributed by atoms with Gasteiger partial charge in [0.15, 0.2) is 12.1 Å². The topological polar surface area (TPSA) is 142 Å². The monoisotopic (exact) mass is 456 g/mol. The zero-order chi connectivity index (χ0) is 23.4. The molecule has 33 heavy (non-hydrogen) atoms. The maximum Gasteiger partial charge on any atom is 0.414 e. The van der Waals surface area contributed by atoms with Crippen LogP contribution in [-0.4, -0.2) is 71.5 Å². The van der Waals surface area contributed by atoms with Crippen molar-refractivity contribution in [1.29, 1.82) is 5.41 Å². The van der Waals surface area contributed by atoms with Crippen molar-refractivity contribution in [3.05, 3.63) is 42.0 Å². The van der Waals surface area contributed by atoms with Crippen LogP contribution in [0.5, 0.6) is 0 Å². The molecule has 0 atom stereocenters. The average molecular weight is 456 g/mol. The molecule has 0 bridgehead atoms. The zero-order valence-electron chi connectivity index (χ0n) is 18.1. The first-order chi connectivity index (χ1) is 15.9. The Hall–Kier alpha value is -3.80. The van der Waals surface area contributed by atoms with Crippen LogP contribution in [0.3, 0.4) is 0 Å². The number of carbonyl (C=O) groups is 1. The lowest BCUT2D eigenvalue weighted by Gasteiger charge is -2.37. The second-order valence-corrected chi connectivity index (χ2v) is 7.76. The number of halogens is 1. The van der Waals surface area contributed by atoms with E-state index in [9.17, 15) is 9.18 Å². The number of benzene rings is 1. The van der Waals surface area contributed by atoms with Gasteiger partial charge in [-0.1, -0.05) is 30.3 Å². The van der Waals surface area contributed by atoms with Gasteiger partial charge >= 0.3 is 6.09 Å². The number of hydrogen-bond acceptors (Lipinski definition) is 9. The molecule has 0 saturated carbocycles. The van der Waals surface area contributed by atoms with Gasteiger partial charge in [0.25, 0.3) is 0 Å². The van der Waals surface area contributed by atoms with Gasteiger partial charge in [-0.25, -0.2) is 19.2 Å². The lowest BCUT2D eigenvalue weighted by molar-refractivity contribution is -0.0507. The quantitative estimate of drug-likeness (QED) is 0.322. The van der Waals surface area contributed by atoms with E-state index in [1.54, 1.807) is 24.5 Å². The largest absolute Gasteiger partial charge is 0.444 e. The Labute approximate surface area is 189 Å². The van der Waals surface area contributed by atoms with Crippen LogP contribution in [0, 0.1) is 11.2 Å². The predicted molar refractivity (Wildman–Crippen MR) is 119 cm³/mol. The predicted octanol–water partition coefficient (Wildman–Crippen LogP) is 1.30. The van der Waals surface area contributed by atoms with E-state index in [-0.39, 0.29) is 23.8 Å². The number of likely N-dealkylation sites (N-methyl/N-ethyl adjacent to an activating group) is 1. The number of nitrogens with one attached hydrogen (secondary N) is 2. The van der Waals surface area contributed by atoms with Crippen LogP contribution in [0.25, 0.3) is 11.1 Å². The minimum absolute atomic E-state index is 0.168. The summed E-state index contributed by atoms with van der Waals surface area (Å²) in [5, 5.41) is 13.2. The highest BCUT2D eigenvalue weighted by atomic mass is 19.1. The van der Waals surface area contributed by atoms with Crippen molar-refractivity contribution in [3.8, 4) is 11.1 Å². The van der Waals surface area contributed by atoms with Crippen LogP contribution < -0.4 is 16.0 Å². The van der Waals surface area contributed by atoms with Gasteiger partial charge in [0.2, 0.25) is 5.95 Å². The Morgan fingerprint density at radius 2 is 2.06 bits per heavy atom. The number of alkyl carbamates (subject to hydrolysis) is 1. The molecule has 2 aromatic rings. The number of guanidine groups is 1. The van der Waals surface area contributed by atoms with Gasteiger partial charge in [-0.3, -0.25) is 15.6 Å². The van der Waals surface area contributed by atoms with Gasteiger partial charge in [0.1, 0.15) is 12.4 Å². The molecule has 4 rings (SSSR count). The first-order valence-electron chi connectivity index (χ1n) is 10.5. The van der Waals surface area contributed by atoms with Crippen molar-refractivity contribution < 1.29 is 18.8 Å². The Balaban J connectivity index is 1.32. The third-order valence-corrected chi connectivity index (χ3v) is 5.35. The van der Waals surface area contributed by atoms with Crippen LogP contribution in [0.2, 0.25) is 0 Å². The number of likely N-dealkylation sites (tertiary alicyclic amines) is 1. The summed E-state index contributed by atoms with van der Waals surface area (Å²) in [5.74, 6) is -0.571. The van der Waals surface area contributed by atoms with E-state index in [1.807, 2.05) is 10.2 Å². The maximum absolute atomic E-state index is 14.9. The van der Waals surface area contributed by atoms with Crippen LogP contribution in [-0.2, 0) is 16.2 Å². The molecule has 174 valence electrons. The number of oxime groups is 1. The summed E-state index contributed by atoms with van der Waals surface area (Å²) in [6.07, 6.45) is 2.33. The molecule has 2 fully saturated rings. The zero-order valence-corrected chi connectivity index (χ0v) is 18.1. The fraction of sp³-hybridized carbons (Fsp3) is 0.381. The molecule has 4 N–H and O–H groups in total. The number of ether oxygens (including phenoxy) is 1.